The lowest BCUT2D eigenvalue weighted by Gasteiger charge is -2.32. The lowest BCUT2D eigenvalue weighted by atomic mass is 9.97. The van der Waals surface area contributed by atoms with Crippen molar-refractivity contribution in [3.63, 3.8) is 0 Å². The maximum absolute atomic E-state index is 5.91. The summed E-state index contributed by atoms with van der Waals surface area (Å²) in [7, 11) is 1.82. The smallest absolute Gasteiger partial charge is 0.191 e. The molecule has 0 radical (unpaired) electrons. The Hall–Kier alpha value is -0.530. The standard InChI is InChI=1S/C18H29ClN4.HI/c1-3-10-23-11-8-16(9-12-23)14-22-18(20-2)21-13-15-4-6-17(19)7-5-15;/h4-7,16H,3,8-14H2,1-2H3,(H2,20,21,22);1H. The molecule has 1 fully saturated rings. The van der Waals surface area contributed by atoms with E-state index in [1.807, 2.05) is 31.3 Å². The van der Waals surface area contributed by atoms with E-state index in [-0.39, 0.29) is 24.0 Å². The van der Waals surface area contributed by atoms with E-state index in [9.17, 15) is 0 Å². The molecule has 0 aromatic heterocycles. The van der Waals surface area contributed by atoms with Gasteiger partial charge in [0.15, 0.2) is 5.96 Å². The second-order valence-electron chi connectivity index (χ2n) is 6.22. The number of hydrogen-bond donors (Lipinski definition) is 2. The van der Waals surface area contributed by atoms with Gasteiger partial charge in [0.05, 0.1) is 0 Å². The number of rotatable bonds is 6. The molecule has 2 N–H and O–H groups in total. The van der Waals surface area contributed by atoms with Gasteiger partial charge in [-0.3, -0.25) is 4.99 Å². The maximum atomic E-state index is 5.91. The van der Waals surface area contributed by atoms with Crippen molar-refractivity contribution < 1.29 is 0 Å². The van der Waals surface area contributed by atoms with Crippen LogP contribution < -0.4 is 10.6 Å². The summed E-state index contributed by atoms with van der Waals surface area (Å²) in [4.78, 5) is 6.88. The zero-order valence-corrected chi connectivity index (χ0v) is 17.8. The molecule has 1 saturated heterocycles. The van der Waals surface area contributed by atoms with Crippen molar-refractivity contribution in [1.82, 2.24) is 15.5 Å². The highest BCUT2D eigenvalue weighted by Gasteiger charge is 2.18. The molecule has 0 unspecified atom stereocenters. The van der Waals surface area contributed by atoms with Gasteiger partial charge >= 0.3 is 0 Å². The first kappa shape index (κ1) is 21.5. The van der Waals surface area contributed by atoms with Crippen molar-refractivity contribution in [2.24, 2.45) is 10.9 Å². The highest BCUT2D eigenvalue weighted by molar-refractivity contribution is 14.0. The normalized spacial score (nSPS) is 16.5. The van der Waals surface area contributed by atoms with Gasteiger partial charge in [-0.05, 0) is 62.5 Å². The zero-order valence-electron chi connectivity index (χ0n) is 14.7. The number of nitrogens with one attached hydrogen (secondary N) is 2. The van der Waals surface area contributed by atoms with Gasteiger partial charge in [0.1, 0.15) is 0 Å². The Morgan fingerprint density at radius 3 is 2.46 bits per heavy atom. The molecule has 6 heteroatoms. The topological polar surface area (TPSA) is 39.7 Å². The molecule has 1 aromatic carbocycles. The number of aliphatic imine (C=N–C) groups is 1. The average Bonchev–Trinajstić information content (AvgIpc) is 2.58. The van der Waals surface area contributed by atoms with E-state index < -0.39 is 0 Å². The molecular weight excluding hydrogens is 435 g/mol. The fourth-order valence-corrected chi connectivity index (χ4v) is 3.11. The summed E-state index contributed by atoms with van der Waals surface area (Å²) in [6.07, 6.45) is 3.81. The predicted octanol–water partition coefficient (Wildman–Crippen LogP) is 3.75. The van der Waals surface area contributed by atoms with Gasteiger partial charge in [-0.25, -0.2) is 0 Å². The summed E-state index contributed by atoms with van der Waals surface area (Å²) in [6, 6.07) is 7.90. The molecule has 0 spiro atoms. The molecule has 0 bridgehead atoms. The first-order valence-electron chi connectivity index (χ1n) is 8.62. The Morgan fingerprint density at radius 2 is 1.88 bits per heavy atom. The molecule has 1 heterocycles. The molecule has 0 saturated carbocycles. The zero-order chi connectivity index (χ0) is 16.5. The summed E-state index contributed by atoms with van der Waals surface area (Å²) in [5.74, 6) is 1.62. The second kappa shape index (κ2) is 11.9. The van der Waals surface area contributed by atoms with Crippen LogP contribution in [-0.4, -0.2) is 44.1 Å². The van der Waals surface area contributed by atoms with Gasteiger partial charge in [-0.2, -0.15) is 0 Å². The molecule has 0 atom stereocenters. The molecule has 4 nitrogen and oxygen atoms in total. The fourth-order valence-electron chi connectivity index (χ4n) is 2.98. The number of piperidine rings is 1. The molecule has 1 aliphatic heterocycles. The Morgan fingerprint density at radius 1 is 1.21 bits per heavy atom. The number of likely N-dealkylation sites (tertiary alicyclic amines) is 1. The van der Waals surface area contributed by atoms with E-state index in [0.29, 0.717) is 0 Å². The van der Waals surface area contributed by atoms with Crippen LogP contribution in [0, 0.1) is 5.92 Å². The third-order valence-electron chi connectivity index (χ3n) is 4.40. The summed E-state index contributed by atoms with van der Waals surface area (Å²) in [5.41, 5.74) is 1.20. The highest BCUT2D eigenvalue weighted by atomic mass is 127. The number of guanidine groups is 1. The molecule has 0 amide bonds. The first-order valence-corrected chi connectivity index (χ1v) is 9.00. The Kier molecular flexibility index (Phi) is 10.7. The number of halogens is 2. The van der Waals surface area contributed by atoms with Crippen LogP contribution in [0.1, 0.15) is 31.7 Å². The van der Waals surface area contributed by atoms with Gasteiger partial charge in [-0.15, -0.1) is 24.0 Å². The van der Waals surface area contributed by atoms with Gasteiger partial charge in [0.2, 0.25) is 0 Å². The third-order valence-corrected chi connectivity index (χ3v) is 4.65. The molecule has 2 rings (SSSR count). The van der Waals surface area contributed by atoms with Crippen molar-refractivity contribution in [3.05, 3.63) is 34.9 Å². The molecule has 1 aliphatic rings. The van der Waals surface area contributed by atoms with Crippen LogP contribution in [-0.2, 0) is 6.54 Å². The van der Waals surface area contributed by atoms with E-state index >= 15 is 0 Å². The van der Waals surface area contributed by atoms with Crippen LogP contribution in [0.5, 0.6) is 0 Å². The summed E-state index contributed by atoms with van der Waals surface area (Å²) in [5, 5.41) is 7.59. The quantitative estimate of drug-likeness (QED) is 0.383. The molecule has 0 aliphatic carbocycles. The van der Waals surface area contributed by atoms with Crippen molar-refractivity contribution in [1.29, 1.82) is 0 Å². The molecule has 24 heavy (non-hydrogen) atoms. The van der Waals surface area contributed by atoms with Crippen LogP contribution in [0.4, 0.5) is 0 Å². The van der Waals surface area contributed by atoms with E-state index in [4.69, 9.17) is 11.6 Å². The van der Waals surface area contributed by atoms with Crippen molar-refractivity contribution >= 4 is 41.5 Å². The van der Waals surface area contributed by atoms with Crippen molar-refractivity contribution in [2.75, 3.05) is 33.2 Å². The minimum atomic E-state index is 0. The third kappa shape index (κ3) is 7.57. The average molecular weight is 465 g/mol. The van der Waals surface area contributed by atoms with Gasteiger partial charge in [-0.1, -0.05) is 30.7 Å². The fraction of sp³-hybridized carbons (Fsp3) is 0.611. The van der Waals surface area contributed by atoms with E-state index in [1.54, 1.807) is 0 Å². The maximum Gasteiger partial charge on any atom is 0.191 e. The first-order chi connectivity index (χ1) is 11.2. The number of nitrogens with zero attached hydrogens (tertiary/aromatic N) is 2. The largest absolute Gasteiger partial charge is 0.356 e. The van der Waals surface area contributed by atoms with Crippen LogP contribution in [0.2, 0.25) is 5.02 Å². The van der Waals surface area contributed by atoms with E-state index in [2.05, 4.69) is 27.4 Å². The van der Waals surface area contributed by atoms with Crippen LogP contribution >= 0.6 is 35.6 Å². The van der Waals surface area contributed by atoms with Crippen LogP contribution in [0.15, 0.2) is 29.3 Å². The van der Waals surface area contributed by atoms with E-state index in [0.717, 1.165) is 30.0 Å². The van der Waals surface area contributed by atoms with Crippen molar-refractivity contribution in [3.8, 4) is 0 Å². The summed E-state index contributed by atoms with van der Waals surface area (Å²) >= 11 is 5.91. The van der Waals surface area contributed by atoms with Gasteiger partial charge in [0, 0.05) is 25.2 Å². The molecule has 1 aromatic rings. The second-order valence-corrected chi connectivity index (χ2v) is 6.65. The summed E-state index contributed by atoms with van der Waals surface area (Å²) in [6.45, 7) is 7.72. The molecular formula is C18H30ClIN4. The Bertz CT molecular complexity index is 484. The minimum absolute atomic E-state index is 0. The lowest BCUT2D eigenvalue weighted by Crippen LogP contribution is -2.42. The SMILES string of the molecule is CCCN1CCC(CNC(=NC)NCc2ccc(Cl)cc2)CC1.I. The van der Waals surface area contributed by atoms with Crippen LogP contribution in [0.3, 0.4) is 0 Å². The van der Waals surface area contributed by atoms with Crippen LogP contribution in [0.25, 0.3) is 0 Å². The van der Waals surface area contributed by atoms with Crippen molar-refractivity contribution in [2.45, 2.75) is 32.7 Å². The number of benzene rings is 1. The monoisotopic (exact) mass is 464 g/mol. The lowest BCUT2D eigenvalue weighted by molar-refractivity contribution is 0.185. The number of hydrogen-bond acceptors (Lipinski definition) is 2. The highest BCUT2D eigenvalue weighted by Crippen LogP contribution is 2.16. The minimum Gasteiger partial charge on any atom is -0.356 e. The Balaban J connectivity index is 0.00000288. The predicted molar refractivity (Wildman–Crippen MR) is 115 cm³/mol. The molecule has 136 valence electrons. The summed E-state index contributed by atoms with van der Waals surface area (Å²) < 4.78 is 0. The van der Waals surface area contributed by atoms with Gasteiger partial charge < -0.3 is 15.5 Å². The van der Waals surface area contributed by atoms with E-state index in [1.165, 1.54) is 44.5 Å². The Labute approximate surface area is 168 Å². The van der Waals surface area contributed by atoms with Gasteiger partial charge in [0.25, 0.3) is 0 Å².